The summed E-state index contributed by atoms with van der Waals surface area (Å²) in [6.07, 6.45) is 0. The first-order valence-corrected chi connectivity index (χ1v) is 12.7. The summed E-state index contributed by atoms with van der Waals surface area (Å²) in [5.74, 6) is -0.597. The third-order valence-corrected chi connectivity index (χ3v) is 7.40. The molecule has 4 aromatic rings. The van der Waals surface area contributed by atoms with Gasteiger partial charge < -0.3 is 9.72 Å². The van der Waals surface area contributed by atoms with Crippen molar-refractivity contribution >= 4 is 26.9 Å². The van der Waals surface area contributed by atoms with Crippen LogP contribution in [0.3, 0.4) is 0 Å². The summed E-state index contributed by atoms with van der Waals surface area (Å²) in [7, 11) is -4.07. The molecule has 4 rings (SSSR count). The van der Waals surface area contributed by atoms with Gasteiger partial charge in [-0.3, -0.25) is 4.79 Å². The number of H-pyrrole nitrogens is 1. The lowest BCUT2D eigenvalue weighted by Gasteiger charge is -2.23. The van der Waals surface area contributed by atoms with Gasteiger partial charge in [-0.05, 0) is 61.2 Å². The fraction of sp³-hybridized carbons (Fsp3) is 0.185. The number of aromatic nitrogens is 1. The Bertz CT molecular complexity index is 1530. The number of nitrogens with one attached hydrogen (secondary N) is 1. The Labute approximate surface area is 204 Å². The molecule has 0 aliphatic carbocycles. The van der Waals surface area contributed by atoms with Crippen LogP contribution in [0.1, 0.15) is 34.0 Å². The summed E-state index contributed by atoms with van der Waals surface area (Å²) >= 11 is 0. The Balaban J connectivity index is 1.77. The number of carbonyl (C=O) groups is 1. The van der Waals surface area contributed by atoms with Gasteiger partial charge in [0.15, 0.2) is 0 Å². The molecule has 0 atom stereocenters. The maximum atomic E-state index is 13.8. The van der Waals surface area contributed by atoms with E-state index in [-0.39, 0.29) is 35.7 Å². The molecule has 0 saturated heterocycles. The van der Waals surface area contributed by atoms with E-state index in [0.717, 1.165) is 16.5 Å². The molecule has 0 spiro atoms. The Morgan fingerprint density at radius 3 is 2.46 bits per heavy atom. The summed E-state index contributed by atoms with van der Waals surface area (Å²) in [5.41, 5.74) is 2.60. The van der Waals surface area contributed by atoms with E-state index in [1.807, 2.05) is 55.5 Å². The number of fused-ring (bicyclic) bond motifs is 1. The van der Waals surface area contributed by atoms with Gasteiger partial charge in [0.1, 0.15) is 0 Å². The van der Waals surface area contributed by atoms with Gasteiger partial charge in [0, 0.05) is 24.2 Å². The lowest BCUT2D eigenvalue weighted by Crippen LogP contribution is -2.32. The molecule has 0 saturated carbocycles. The molecule has 0 aliphatic rings. The second-order valence-electron chi connectivity index (χ2n) is 8.22. The third kappa shape index (κ3) is 5.50. The lowest BCUT2D eigenvalue weighted by molar-refractivity contribution is 0.0526. The number of esters is 1. The van der Waals surface area contributed by atoms with Crippen LogP contribution in [0.2, 0.25) is 0 Å². The van der Waals surface area contributed by atoms with E-state index in [2.05, 4.69) is 4.98 Å². The van der Waals surface area contributed by atoms with E-state index in [4.69, 9.17) is 4.74 Å². The van der Waals surface area contributed by atoms with Gasteiger partial charge in [-0.25, -0.2) is 13.2 Å². The van der Waals surface area contributed by atoms with Gasteiger partial charge in [-0.15, -0.1) is 0 Å². The van der Waals surface area contributed by atoms with Gasteiger partial charge in [-0.2, -0.15) is 4.31 Å². The Kier molecular flexibility index (Phi) is 7.14. The van der Waals surface area contributed by atoms with Crippen LogP contribution in [0.5, 0.6) is 0 Å². The molecule has 0 fully saturated rings. The number of hydrogen-bond donors (Lipinski definition) is 1. The van der Waals surface area contributed by atoms with Crippen LogP contribution in [0.4, 0.5) is 0 Å². The fourth-order valence-electron chi connectivity index (χ4n) is 3.84. The summed E-state index contributed by atoms with van der Waals surface area (Å²) in [6.45, 7) is 3.73. The Morgan fingerprint density at radius 2 is 1.71 bits per heavy atom. The van der Waals surface area contributed by atoms with Crippen molar-refractivity contribution in [2.45, 2.75) is 31.8 Å². The van der Waals surface area contributed by atoms with Crippen LogP contribution in [0.25, 0.3) is 10.9 Å². The Morgan fingerprint density at radius 1 is 0.943 bits per heavy atom. The maximum absolute atomic E-state index is 13.8. The smallest absolute Gasteiger partial charge is 0.338 e. The van der Waals surface area contributed by atoms with E-state index in [0.29, 0.717) is 11.1 Å². The molecule has 7 nitrogen and oxygen atoms in total. The lowest BCUT2D eigenvalue weighted by atomic mass is 10.1. The fourth-order valence-corrected chi connectivity index (χ4v) is 5.29. The summed E-state index contributed by atoms with van der Waals surface area (Å²) in [4.78, 5) is 27.8. The average Bonchev–Trinajstić information content (AvgIpc) is 2.85. The molecule has 0 radical (unpaired) electrons. The van der Waals surface area contributed by atoms with Crippen LogP contribution >= 0.6 is 0 Å². The second-order valence-corrected chi connectivity index (χ2v) is 10.2. The number of aromatic amines is 1. The van der Waals surface area contributed by atoms with Crippen LogP contribution in [-0.4, -0.2) is 30.3 Å². The van der Waals surface area contributed by atoms with Crippen LogP contribution in [-0.2, 0) is 27.8 Å². The first-order chi connectivity index (χ1) is 16.8. The number of pyridine rings is 1. The van der Waals surface area contributed by atoms with Crippen molar-refractivity contribution in [1.82, 2.24) is 9.29 Å². The zero-order valence-corrected chi connectivity index (χ0v) is 20.3. The van der Waals surface area contributed by atoms with Crippen molar-refractivity contribution in [3.63, 3.8) is 0 Å². The number of aryl methyl sites for hydroxylation is 1. The summed E-state index contributed by atoms with van der Waals surface area (Å²) in [6, 6.07) is 22.3. The molecule has 0 bridgehead atoms. The standard InChI is InChI=1S/C27H26N2O5S/c1-3-34-27(31)21-10-7-11-24(16-21)35(32,33)29(17-20-8-5-4-6-9-20)18-23-15-22-14-19(2)12-13-25(22)28-26(23)30/h4-16H,3,17-18H2,1-2H3,(H,28,30). The molecule has 1 aromatic heterocycles. The number of rotatable bonds is 8. The normalized spacial score (nSPS) is 11.6. The predicted octanol–water partition coefficient (Wildman–Crippen LogP) is 4.40. The first-order valence-electron chi connectivity index (χ1n) is 11.2. The maximum Gasteiger partial charge on any atom is 0.338 e. The molecule has 0 unspecified atom stereocenters. The zero-order chi connectivity index (χ0) is 25.0. The highest BCUT2D eigenvalue weighted by molar-refractivity contribution is 7.89. The molecular weight excluding hydrogens is 464 g/mol. The highest BCUT2D eigenvalue weighted by Gasteiger charge is 2.27. The Hall–Kier alpha value is -3.75. The molecule has 1 heterocycles. The van der Waals surface area contributed by atoms with Crippen molar-refractivity contribution in [1.29, 1.82) is 0 Å². The topological polar surface area (TPSA) is 96.5 Å². The van der Waals surface area contributed by atoms with Gasteiger partial charge in [0.25, 0.3) is 5.56 Å². The van der Waals surface area contributed by atoms with E-state index >= 15 is 0 Å². The van der Waals surface area contributed by atoms with Gasteiger partial charge in [0.05, 0.1) is 17.1 Å². The highest BCUT2D eigenvalue weighted by Crippen LogP contribution is 2.23. The van der Waals surface area contributed by atoms with Crippen LogP contribution < -0.4 is 5.56 Å². The monoisotopic (exact) mass is 490 g/mol. The van der Waals surface area contributed by atoms with Gasteiger partial charge in [0.2, 0.25) is 10.0 Å². The number of nitrogens with zero attached hydrogens (tertiary/aromatic N) is 1. The van der Waals surface area contributed by atoms with Gasteiger partial charge in [-0.1, -0.05) is 48.0 Å². The minimum absolute atomic E-state index is 0.0490. The SMILES string of the molecule is CCOC(=O)c1cccc(S(=O)(=O)N(Cc2ccccc2)Cc2cc3cc(C)ccc3[nH]c2=O)c1. The molecule has 8 heteroatoms. The number of benzene rings is 3. The molecule has 35 heavy (non-hydrogen) atoms. The molecule has 0 aliphatic heterocycles. The second kappa shape index (κ2) is 10.2. The summed E-state index contributed by atoms with van der Waals surface area (Å²) < 4.78 is 33.8. The molecule has 1 N–H and O–H groups in total. The predicted molar refractivity (Wildman–Crippen MR) is 135 cm³/mol. The zero-order valence-electron chi connectivity index (χ0n) is 19.5. The van der Waals surface area contributed by atoms with Crippen molar-refractivity contribution in [3.05, 3.63) is 111 Å². The largest absolute Gasteiger partial charge is 0.462 e. The minimum atomic E-state index is -4.07. The molecular formula is C27H26N2O5S. The quantitative estimate of drug-likeness (QED) is 0.369. The van der Waals surface area contributed by atoms with E-state index < -0.39 is 16.0 Å². The number of ether oxygens (including phenoxy) is 1. The highest BCUT2D eigenvalue weighted by atomic mass is 32.2. The minimum Gasteiger partial charge on any atom is -0.462 e. The van der Waals surface area contributed by atoms with E-state index in [1.165, 1.54) is 28.6 Å². The van der Waals surface area contributed by atoms with Crippen molar-refractivity contribution in [3.8, 4) is 0 Å². The third-order valence-electron chi connectivity index (χ3n) is 5.61. The molecule has 3 aromatic carbocycles. The number of carbonyl (C=O) groups excluding carboxylic acids is 1. The number of sulfonamides is 1. The van der Waals surface area contributed by atoms with E-state index in [1.54, 1.807) is 13.0 Å². The van der Waals surface area contributed by atoms with Gasteiger partial charge >= 0.3 is 5.97 Å². The first kappa shape index (κ1) is 24.4. The van der Waals surface area contributed by atoms with Crippen LogP contribution in [0, 0.1) is 6.92 Å². The van der Waals surface area contributed by atoms with Crippen molar-refractivity contribution in [2.24, 2.45) is 0 Å². The molecule has 0 amide bonds. The van der Waals surface area contributed by atoms with E-state index in [9.17, 15) is 18.0 Å². The van der Waals surface area contributed by atoms with Crippen molar-refractivity contribution < 1.29 is 17.9 Å². The molecule has 180 valence electrons. The summed E-state index contributed by atoms with van der Waals surface area (Å²) in [5, 5.41) is 0.820. The van der Waals surface area contributed by atoms with Crippen LogP contribution in [0.15, 0.2) is 88.6 Å². The van der Waals surface area contributed by atoms with Crippen molar-refractivity contribution in [2.75, 3.05) is 6.61 Å². The average molecular weight is 491 g/mol. The number of hydrogen-bond acceptors (Lipinski definition) is 5.